The van der Waals surface area contributed by atoms with Crippen molar-refractivity contribution in [3.8, 4) is 11.5 Å². The first-order chi connectivity index (χ1) is 8.01. The molecule has 2 N–H and O–H groups in total. The molecule has 0 saturated heterocycles. The van der Waals surface area contributed by atoms with Crippen molar-refractivity contribution in [2.75, 3.05) is 13.7 Å². The van der Waals surface area contributed by atoms with Crippen LogP contribution in [-0.2, 0) is 9.53 Å². The summed E-state index contributed by atoms with van der Waals surface area (Å²) in [6, 6.07) is 2.72. The van der Waals surface area contributed by atoms with E-state index in [1.807, 2.05) is 0 Å². The third-order valence-electron chi connectivity index (χ3n) is 2.10. The average Bonchev–Trinajstić information content (AvgIpc) is 2.29. The van der Waals surface area contributed by atoms with Crippen LogP contribution in [0.5, 0.6) is 11.5 Å². The van der Waals surface area contributed by atoms with Crippen molar-refractivity contribution in [1.82, 2.24) is 0 Å². The van der Waals surface area contributed by atoms with Crippen LogP contribution >= 0.6 is 15.9 Å². The minimum absolute atomic E-state index is 0.0841. The van der Waals surface area contributed by atoms with Crippen LogP contribution in [0.25, 0.3) is 0 Å². The summed E-state index contributed by atoms with van der Waals surface area (Å²) >= 11 is 3.15. The lowest BCUT2D eigenvalue weighted by molar-refractivity contribution is -0.153. The van der Waals surface area contributed by atoms with Crippen LogP contribution in [0.3, 0.4) is 0 Å². The van der Waals surface area contributed by atoms with E-state index in [-0.39, 0.29) is 23.7 Å². The number of phenols is 1. The molecular formula is C11H13BrO5. The Morgan fingerprint density at radius 1 is 1.53 bits per heavy atom. The summed E-state index contributed by atoms with van der Waals surface area (Å²) in [6.45, 7) is 1.83. The van der Waals surface area contributed by atoms with E-state index in [9.17, 15) is 15.0 Å². The van der Waals surface area contributed by atoms with Gasteiger partial charge in [-0.25, -0.2) is 4.79 Å². The molecule has 1 rings (SSSR count). The fourth-order valence-electron chi connectivity index (χ4n) is 1.28. The Morgan fingerprint density at radius 2 is 2.18 bits per heavy atom. The van der Waals surface area contributed by atoms with E-state index in [2.05, 4.69) is 15.9 Å². The van der Waals surface area contributed by atoms with E-state index in [1.54, 1.807) is 6.92 Å². The summed E-state index contributed by atoms with van der Waals surface area (Å²) in [5.74, 6) is -0.660. The summed E-state index contributed by atoms with van der Waals surface area (Å²) < 4.78 is 10.00. The summed E-state index contributed by atoms with van der Waals surface area (Å²) in [7, 11) is 1.38. The maximum atomic E-state index is 11.4. The summed E-state index contributed by atoms with van der Waals surface area (Å²) in [6.07, 6.45) is -1.42. The highest BCUT2D eigenvalue weighted by molar-refractivity contribution is 9.10. The Hall–Kier alpha value is -1.27. The van der Waals surface area contributed by atoms with Gasteiger partial charge in [-0.3, -0.25) is 0 Å². The summed E-state index contributed by atoms with van der Waals surface area (Å²) in [5.41, 5.74) is 0.276. The molecule has 0 bridgehead atoms. The van der Waals surface area contributed by atoms with Gasteiger partial charge in [0.2, 0.25) is 0 Å². The van der Waals surface area contributed by atoms with Crippen molar-refractivity contribution < 1.29 is 24.5 Å². The highest BCUT2D eigenvalue weighted by Gasteiger charge is 2.23. The second-order valence-corrected chi connectivity index (χ2v) is 4.05. The van der Waals surface area contributed by atoms with Gasteiger partial charge < -0.3 is 19.7 Å². The molecule has 94 valence electrons. The third-order valence-corrected chi connectivity index (χ3v) is 2.79. The molecule has 0 heterocycles. The number of aliphatic hydroxyl groups is 1. The molecule has 0 radical (unpaired) electrons. The second-order valence-electron chi connectivity index (χ2n) is 3.20. The number of phenolic OH excluding ortho intramolecular Hbond substituents is 1. The average molecular weight is 305 g/mol. The molecule has 0 fully saturated rings. The zero-order valence-electron chi connectivity index (χ0n) is 9.44. The Kier molecular flexibility index (Phi) is 4.77. The molecule has 0 spiro atoms. The van der Waals surface area contributed by atoms with Crippen molar-refractivity contribution >= 4 is 21.9 Å². The number of esters is 1. The molecule has 0 aromatic heterocycles. The van der Waals surface area contributed by atoms with Crippen molar-refractivity contribution in [3.63, 3.8) is 0 Å². The van der Waals surface area contributed by atoms with Gasteiger partial charge in [0.05, 0.1) is 13.7 Å². The Labute approximate surface area is 107 Å². The predicted molar refractivity (Wildman–Crippen MR) is 64.0 cm³/mol. The first kappa shape index (κ1) is 13.8. The zero-order chi connectivity index (χ0) is 13.0. The first-order valence-corrected chi connectivity index (χ1v) is 5.71. The number of carbonyl (C=O) groups is 1. The molecule has 6 heteroatoms. The van der Waals surface area contributed by atoms with Crippen LogP contribution < -0.4 is 4.74 Å². The minimum atomic E-state index is -1.42. The van der Waals surface area contributed by atoms with Gasteiger partial charge in [0.1, 0.15) is 0 Å². The quantitative estimate of drug-likeness (QED) is 0.829. The van der Waals surface area contributed by atoms with Crippen LogP contribution in [0.1, 0.15) is 18.6 Å². The maximum absolute atomic E-state index is 11.4. The van der Waals surface area contributed by atoms with Crippen LogP contribution in [0.4, 0.5) is 0 Å². The number of hydrogen-bond acceptors (Lipinski definition) is 5. The van der Waals surface area contributed by atoms with E-state index in [0.29, 0.717) is 4.47 Å². The summed E-state index contributed by atoms with van der Waals surface area (Å²) in [5, 5.41) is 19.3. The molecule has 0 aliphatic rings. The lowest BCUT2D eigenvalue weighted by Crippen LogP contribution is -2.15. The Morgan fingerprint density at radius 3 is 2.71 bits per heavy atom. The molecule has 17 heavy (non-hydrogen) atoms. The number of methoxy groups -OCH3 is 1. The Balaban J connectivity index is 3.08. The third kappa shape index (κ3) is 3.10. The van der Waals surface area contributed by atoms with Gasteiger partial charge in [-0.15, -0.1) is 0 Å². The van der Waals surface area contributed by atoms with E-state index >= 15 is 0 Å². The molecule has 5 nitrogen and oxygen atoms in total. The van der Waals surface area contributed by atoms with Gasteiger partial charge in [-0.1, -0.05) is 15.9 Å². The molecule has 1 aromatic carbocycles. The largest absolute Gasteiger partial charge is 0.504 e. The number of rotatable bonds is 4. The van der Waals surface area contributed by atoms with Gasteiger partial charge in [0.25, 0.3) is 0 Å². The normalized spacial score (nSPS) is 12.0. The lowest BCUT2D eigenvalue weighted by Gasteiger charge is -2.13. The van der Waals surface area contributed by atoms with E-state index < -0.39 is 12.1 Å². The van der Waals surface area contributed by atoms with Gasteiger partial charge in [-0.05, 0) is 19.1 Å². The molecule has 1 unspecified atom stereocenters. The minimum Gasteiger partial charge on any atom is -0.504 e. The monoisotopic (exact) mass is 304 g/mol. The number of aromatic hydroxyl groups is 1. The van der Waals surface area contributed by atoms with Crippen molar-refractivity contribution in [1.29, 1.82) is 0 Å². The first-order valence-electron chi connectivity index (χ1n) is 4.92. The number of ether oxygens (including phenoxy) is 2. The summed E-state index contributed by atoms with van der Waals surface area (Å²) in [4.78, 5) is 11.4. The SMILES string of the molecule is CCOC(=O)C(O)c1cc(OC)c(O)cc1Br. The molecule has 0 aliphatic carbocycles. The van der Waals surface area contributed by atoms with Crippen molar-refractivity contribution in [2.45, 2.75) is 13.0 Å². The molecule has 0 saturated carbocycles. The molecule has 0 aliphatic heterocycles. The fourth-order valence-corrected chi connectivity index (χ4v) is 1.83. The Bertz CT molecular complexity index is 419. The number of aliphatic hydroxyl groups excluding tert-OH is 1. The van der Waals surface area contributed by atoms with Crippen LogP contribution in [0.2, 0.25) is 0 Å². The topological polar surface area (TPSA) is 76.0 Å². The zero-order valence-corrected chi connectivity index (χ0v) is 11.0. The number of halogens is 1. The maximum Gasteiger partial charge on any atom is 0.339 e. The fraction of sp³-hybridized carbons (Fsp3) is 0.364. The van der Waals surface area contributed by atoms with E-state index in [0.717, 1.165) is 0 Å². The van der Waals surface area contributed by atoms with E-state index in [4.69, 9.17) is 9.47 Å². The lowest BCUT2D eigenvalue weighted by atomic mass is 10.1. The smallest absolute Gasteiger partial charge is 0.339 e. The van der Waals surface area contributed by atoms with E-state index in [1.165, 1.54) is 19.2 Å². The van der Waals surface area contributed by atoms with Gasteiger partial charge in [0.15, 0.2) is 17.6 Å². The van der Waals surface area contributed by atoms with Crippen molar-refractivity contribution in [2.24, 2.45) is 0 Å². The molecular weight excluding hydrogens is 292 g/mol. The van der Waals surface area contributed by atoms with Gasteiger partial charge in [-0.2, -0.15) is 0 Å². The molecule has 1 aromatic rings. The van der Waals surface area contributed by atoms with Gasteiger partial charge in [0, 0.05) is 10.0 Å². The van der Waals surface area contributed by atoms with Gasteiger partial charge >= 0.3 is 5.97 Å². The van der Waals surface area contributed by atoms with Crippen LogP contribution in [0.15, 0.2) is 16.6 Å². The highest BCUT2D eigenvalue weighted by atomic mass is 79.9. The predicted octanol–water partition coefficient (Wildman–Crippen LogP) is 1.76. The van der Waals surface area contributed by atoms with Crippen LogP contribution in [0, 0.1) is 0 Å². The molecule has 1 atom stereocenters. The van der Waals surface area contributed by atoms with Crippen molar-refractivity contribution in [3.05, 3.63) is 22.2 Å². The highest BCUT2D eigenvalue weighted by Crippen LogP contribution is 2.35. The second kappa shape index (κ2) is 5.88. The molecule has 0 amide bonds. The number of benzene rings is 1. The number of carbonyl (C=O) groups excluding carboxylic acids is 1. The standard InChI is InChI=1S/C11H13BrO5/c1-3-17-11(15)10(14)6-4-9(16-2)8(13)5-7(6)12/h4-5,10,13-14H,3H2,1-2H3. The number of hydrogen-bond donors (Lipinski definition) is 2. The van der Waals surface area contributed by atoms with Crippen LogP contribution in [-0.4, -0.2) is 29.9 Å².